The van der Waals surface area contributed by atoms with Gasteiger partial charge in [0.2, 0.25) is 0 Å². The number of aldehydes is 1. The van der Waals surface area contributed by atoms with Gasteiger partial charge < -0.3 is 9.78 Å². The molecule has 0 unspecified atom stereocenters. The van der Waals surface area contributed by atoms with Crippen LogP contribution >= 0.6 is 0 Å². The molecule has 2 rings (SSSR count). The number of aromatic amines is 1. The van der Waals surface area contributed by atoms with Crippen LogP contribution in [0.1, 0.15) is 33.6 Å². The maximum atomic E-state index is 9.40. The Labute approximate surface area is 97.7 Å². The maximum absolute atomic E-state index is 9.40. The van der Waals surface area contributed by atoms with E-state index in [2.05, 4.69) is 23.2 Å². The Morgan fingerprint density at radius 3 is 2.38 bits per heavy atom. The second-order valence-corrected chi connectivity index (χ2v) is 3.02. The fourth-order valence-electron chi connectivity index (χ4n) is 1.11. The average molecular weight is 219 g/mol. The van der Waals surface area contributed by atoms with Crippen molar-refractivity contribution in [2.75, 3.05) is 0 Å². The molecule has 0 saturated heterocycles. The van der Waals surface area contributed by atoms with Crippen LogP contribution < -0.4 is 0 Å². The third-order valence-corrected chi connectivity index (χ3v) is 1.87. The molecule has 0 bridgehead atoms. The minimum atomic E-state index is 0.708. The lowest BCUT2D eigenvalue weighted by Crippen LogP contribution is -1.64. The normalized spacial score (nSPS) is 8.44. The third-order valence-electron chi connectivity index (χ3n) is 1.87. The highest BCUT2D eigenvalue weighted by Gasteiger charge is 1.86. The van der Waals surface area contributed by atoms with E-state index in [4.69, 9.17) is 0 Å². The van der Waals surface area contributed by atoms with Crippen molar-refractivity contribution in [1.82, 2.24) is 4.98 Å². The van der Waals surface area contributed by atoms with Crippen molar-refractivity contribution in [1.29, 1.82) is 0 Å². The summed E-state index contributed by atoms with van der Waals surface area (Å²) >= 11 is 0. The molecule has 1 N–H and O–H groups in total. The smallest absolute Gasteiger partial charge is 0.119 e. The monoisotopic (exact) mass is 219 g/mol. The molecule has 2 nitrogen and oxygen atoms in total. The number of fused-ring (bicyclic) bond motifs is 1. The lowest BCUT2D eigenvalue weighted by molar-refractivity contribution is -0.107. The van der Waals surface area contributed by atoms with Gasteiger partial charge in [-0.15, -0.1) is 0 Å². The highest BCUT2D eigenvalue weighted by atomic mass is 16.1. The quantitative estimate of drug-likeness (QED) is 0.755. The molecule has 1 aromatic carbocycles. The van der Waals surface area contributed by atoms with Gasteiger partial charge in [-0.05, 0) is 23.9 Å². The second kappa shape index (κ2) is 9.97. The fraction of sp³-hybridized carbons (Fsp3) is 0.357. The van der Waals surface area contributed by atoms with Gasteiger partial charge in [0.1, 0.15) is 6.29 Å². The van der Waals surface area contributed by atoms with Crippen LogP contribution in [0, 0.1) is 0 Å². The van der Waals surface area contributed by atoms with E-state index in [0.29, 0.717) is 6.42 Å². The van der Waals surface area contributed by atoms with Crippen molar-refractivity contribution in [2.45, 2.75) is 33.6 Å². The zero-order valence-corrected chi connectivity index (χ0v) is 10.4. The number of unbranched alkanes of at least 4 members (excludes halogenated alkanes) is 1. The second-order valence-electron chi connectivity index (χ2n) is 3.02. The number of aromatic nitrogens is 1. The number of carbonyl (C=O) groups is 1. The fourth-order valence-corrected chi connectivity index (χ4v) is 1.11. The molecule has 16 heavy (non-hydrogen) atoms. The molecule has 0 fully saturated rings. The molecule has 0 aliphatic carbocycles. The van der Waals surface area contributed by atoms with E-state index in [-0.39, 0.29) is 0 Å². The SMILES string of the molecule is CC.CCCC=O.c1ccc2[nH]ccc2c1. The van der Waals surface area contributed by atoms with Crippen molar-refractivity contribution in [3.8, 4) is 0 Å². The summed E-state index contributed by atoms with van der Waals surface area (Å²) in [5.74, 6) is 0. The number of nitrogens with one attached hydrogen (secondary N) is 1. The highest BCUT2D eigenvalue weighted by Crippen LogP contribution is 2.09. The Morgan fingerprint density at radius 2 is 1.88 bits per heavy atom. The van der Waals surface area contributed by atoms with Crippen molar-refractivity contribution < 1.29 is 4.79 Å². The van der Waals surface area contributed by atoms with Crippen LogP contribution in [0.2, 0.25) is 0 Å². The van der Waals surface area contributed by atoms with Crippen molar-refractivity contribution in [3.63, 3.8) is 0 Å². The molecule has 2 aromatic rings. The molecule has 0 amide bonds. The largest absolute Gasteiger partial charge is 0.361 e. The Kier molecular flexibility index (Phi) is 8.99. The van der Waals surface area contributed by atoms with E-state index in [1.807, 2.05) is 39.1 Å². The molecule has 1 heterocycles. The van der Waals surface area contributed by atoms with Gasteiger partial charge in [-0.2, -0.15) is 0 Å². The zero-order valence-electron chi connectivity index (χ0n) is 10.4. The first-order valence-corrected chi connectivity index (χ1v) is 5.84. The first-order chi connectivity index (χ1) is 7.88. The van der Waals surface area contributed by atoms with Crippen LogP contribution in [0.4, 0.5) is 0 Å². The Bertz CT molecular complexity index is 349. The van der Waals surface area contributed by atoms with E-state index in [1.165, 1.54) is 10.9 Å². The van der Waals surface area contributed by atoms with Crippen molar-refractivity contribution in [3.05, 3.63) is 36.5 Å². The van der Waals surface area contributed by atoms with E-state index in [0.717, 1.165) is 12.7 Å². The predicted molar refractivity (Wildman–Crippen MR) is 70.6 cm³/mol. The van der Waals surface area contributed by atoms with E-state index in [1.54, 1.807) is 0 Å². The lowest BCUT2D eigenvalue weighted by atomic mass is 10.3. The van der Waals surface area contributed by atoms with Gasteiger partial charge in [0.25, 0.3) is 0 Å². The highest BCUT2D eigenvalue weighted by molar-refractivity contribution is 5.78. The van der Waals surface area contributed by atoms with E-state index < -0.39 is 0 Å². The topological polar surface area (TPSA) is 32.9 Å². The lowest BCUT2D eigenvalue weighted by Gasteiger charge is -1.83. The van der Waals surface area contributed by atoms with Crippen LogP contribution in [-0.2, 0) is 4.79 Å². The number of para-hydroxylation sites is 1. The molecular formula is C14H21NO. The molecule has 0 atom stereocenters. The number of hydrogen-bond donors (Lipinski definition) is 1. The molecule has 0 spiro atoms. The van der Waals surface area contributed by atoms with Gasteiger partial charge in [-0.25, -0.2) is 0 Å². The number of rotatable bonds is 2. The minimum absolute atomic E-state index is 0.708. The summed E-state index contributed by atoms with van der Waals surface area (Å²) in [6, 6.07) is 10.3. The van der Waals surface area contributed by atoms with Gasteiger partial charge in [-0.1, -0.05) is 39.0 Å². The van der Waals surface area contributed by atoms with Crippen LogP contribution in [0.5, 0.6) is 0 Å². The summed E-state index contributed by atoms with van der Waals surface area (Å²) in [7, 11) is 0. The number of carbonyl (C=O) groups excluding carboxylic acids is 1. The van der Waals surface area contributed by atoms with Gasteiger partial charge in [0.05, 0.1) is 0 Å². The summed E-state index contributed by atoms with van der Waals surface area (Å²) in [6.45, 7) is 5.98. The summed E-state index contributed by atoms with van der Waals surface area (Å²) in [5, 5.41) is 1.28. The molecule has 0 aliphatic heterocycles. The first-order valence-electron chi connectivity index (χ1n) is 5.84. The van der Waals surface area contributed by atoms with Crippen molar-refractivity contribution >= 4 is 17.2 Å². The maximum Gasteiger partial charge on any atom is 0.119 e. The molecule has 2 heteroatoms. The molecule has 0 aliphatic rings. The van der Waals surface area contributed by atoms with Gasteiger partial charge in [-0.3, -0.25) is 0 Å². The Balaban J connectivity index is 0.000000280. The van der Waals surface area contributed by atoms with Gasteiger partial charge in [0, 0.05) is 18.1 Å². The van der Waals surface area contributed by atoms with E-state index in [9.17, 15) is 4.79 Å². The summed E-state index contributed by atoms with van der Waals surface area (Å²) in [6.07, 6.45) is 4.56. The average Bonchev–Trinajstić information content (AvgIpc) is 2.81. The Morgan fingerprint density at radius 1 is 1.19 bits per heavy atom. The summed E-state index contributed by atoms with van der Waals surface area (Å²) < 4.78 is 0. The van der Waals surface area contributed by atoms with Crippen molar-refractivity contribution in [2.24, 2.45) is 0 Å². The number of benzene rings is 1. The molecule has 0 radical (unpaired) electrons. The summed E-state index contributed by atoms with van der Waals surface area (Å²) in [5.41, 5.74) is 1.21. The van der Waals surface area contributed by atoms with Crippen LogP contribution in [0.3, 0.4) is 0 Å². The van der Waals surface area contributed by atoms with Gasteiger partial charge in [0.15, 0.2) is 0 Å². The molecule has 88 valence electrons. The standard InChI is InChI=1S/C8H7N.C4H8O.C2H6/c1-2-4-8-7(3-1)5-6-9-8;1-2-3-4-5;1-2/h1-6,9H;4H,2-3H2,1H3;1-2H3. The van der Waals surface area contributed by atoms with Crippen LogP contribution in [0.15, 0.2) is 36.5 Å². The number of H-pyrrole nitrogens is 1. The predicted octanol–water partition coefficient (Wildman–Crippen LogP) is 4.18. The first kappa shape index (κ1) is 14.4. The Hall–Kier alpha value is -1.57. The van der Waals surface area contributed by atoms with Crippen LogP contribution in [0.25, 0.3) is 10.9 Å². The summed E-state index contributed by atoms with van der Waals surface area (Å²) in [4.78, 5) is 12.5. The molecule has 1 aromatic heterocycles. The minimum Gasteiger partial charge on any atom is -0.361 e. The van der Waals surface area contributed by atoms with Gasteiger partial charge >= 0.3 is 0 Å². The molecule has 0 saturated carbocycles. The number of hydrogen-bond acceptors (Lipinski definition) is 1. The van der Waals surface area contributed by atoms with Crippen LogP contribution in [-0.4, -0.2) is 11.3 Å². The van der Waals surface area contributed by atoms with E-state index >= 15 is 0 Å². The molecular weight excluding hydrogens is 198 g/mol. The third kappa shape index (κ3) is 5.35. The zero-order chi connectivity index (χ0) is 12.2.